The summed E-state index contributed by atoms with van der Waals surface area (Å²) in [6.45, 7) is 8.51. The summed E-state index contributed by atoms with van der Waals surface area (Å²) < 4.78 is 23.6. The molecule has 0 saturated carbocycles. The molecule has 69 heavy (non-hydrogen) atoms. The first-order valence-electron chi connectivity index (χ1n) is 24.0. The van der Waals surface area contributed by atoms with Crippen LogP contribution in [0.4, 0.5) is 0 Å². The van der Waals surface area contributed by atoms with Gasteiger partial charge in [0.2, 0.25) is 5.91 Å². The molecule has 0 unspecified atom stereocenters. The molecule has 2 saturated heterocycles. The quantitative estimate of drug-likeness (QED) is 0.162. The minimum absolute atomic E-state index is 0.0489. The van der Waals surface area contributed by atoms with Crippen LogP contribution < -0.4 is 16.8 Å². The highest BCUT2D eigenvalue weighted by molar-refractivity contribution is 5.80. The third kappa shape index (κ3) is 20.6. The van der Waals surface area contributed by atoms with Crippen molar-refractivity contribution in [1.82, 2.24) is 5.32 Å². The van der Waals surface area contributed by atoms with Gasteiger partial charge in [0.15, 0.2) is 12.1 Å². The van der Waals surface area contributed by atoms with Crippen molar-refractivity contribution in [2.45, 2.75) is 189 Å². The molecule has 0 aromatic rings. The number of fused-ring (bicyclic) bond motifs is 2. The monoisotopic (exact) mass is 980 g/mol. The highest BCUT2D eigenvalue weighted by Crippen LogP contribution is 2.38. The Morgan fingerprint density at radius 3 is 1.90 bits per heavy atom. The van der Waals surface area contributed by atoms with Crippen LogP contribution in [0.15, 0.2) is 85.1 Å². The molecular formula is C50H81N3O16. The molecule has 2 bridgehead atoms. The van der Waals surface area contributed by atoms with E-state index in [1.807, 2.05) is 37.3 Å². The van der Waals surface area contributed by atoms with Crippen molar-refractivity contribution < 1.29 is 79.6 Å². The van der Waals surface area contributed by atoms with Crippen molar-refractivity contribution in [1.29, 1.82) is 0 Å². The standard InChI is InChI=1S/C50H81N3O16/c1-29-18-16-14-12-10-8-6-7-9-11-13-15-17-19-37(68-49-47(63)44(52)46(62)33(5)67-49)25-41-43(48(64)53-28-30(2)51)40(59)27-50(65,69-41)26-36(56)23-39(58)38(57)21-20-34(54)22-35(55)24-42(60)66-32(4)31(3)45(29)61/h6-19,29-41,43-47,49,54-59,61-63,65H,20-28,51-52H2,1-5H3,(H,53,64)/b7-6+,10-8+,11-9+,14-12+,15-13+,18-16+,19-17+/t29-,30-,31-,32-,33+,34+,35+,36-,37-,38+,39+,40-,41-,43+,44-,45+,46+,47-,49-,50+/m0/s1. The number of hydrogen-bond donors (Lipinski definition) is 13. The Balaban J connectivity index is 1.92. The Kier molecular flexibility index (Phi) is 25.8. The van der Waals surface area contributed by atoms with Gasteiger partial charge in [0, 0.05) is 50.1 Å². The van der Waals surface area contributed by atoms with Gasteiger partial charge >= 0.3 is 5.97 Å². The van der Waals surface area contributed by atoms with Crippen molar-refractivity contribution in [2.24, 2.45) is 29.2 Å². The molecule has 3 heterocycles. The molecule has 0 aliphatic carbocycles. The van der Waals surface area contributed by atoms with E-state index in [0.717, 1.165) is 0 Å². The summed E-state index contributed by atoms with van der Waals surface area (Å²) in [4.78, 5) is 26.3. The maximum Gasteiger partial charge on any atom is 0.308 e. The van der Waals surface area contributed by atoms with E-state index < -0.39 is 153 Å². The summed E-state index contributed by atoms with van der Waals surface area (Å²) in [6.07, 6.45) is 4.56. The van der Waals surface area contributed by atoms with Crippen molar-refractivity contribution in [3.05, 3.63) is 85.1 Å². The van der Waals surface area contributed by atoms with Gasteiger partial charge in [-0.15, -0.1) is 0 Å². The molecule has 392 valence electrons. The van der Waals surface area contributed by atoms with Crippen LogP contribution in [0, 0.1) is 17.8 Å². The third-order valence-electron chi connectivity index (χ3n) is 12.6. The number of nitrogens with one attached hydrogen (secondary N) is 1. The van der Waals surface area contributed by atoms with Crippen molar-refractivity contribution >= 4 is 11.9 Å². The van der Waals surface area contributed by atoms with Gasteiger partial charge in [-0.05, 0) is 40.0 Å². The van der Waals surface area contributed by atoms with Crippen LogP contribution in [0.5, 0.6) is 0 Å². The van der Waals surface area contributed by atoms with Crippen LogP contribution in [-0.4, -0.2) is 173 Å². The van der Waals surface area contributed by atoms with Crippen LogP contribution in [0.25, 0.3) is 0 Å². The van der Waals surface area contributed by atoms with E-state index in [4.69, 9.17) is 30.4 Å². The molecular weight excluding hydrogens is 899 g/mol. The number of carbonyl (C=O) groups is 2. The lowest BCUT2D eigenvalue weighted by molar-refractivity contribution is -0.307. The van der Waals surface area contributed by atoms with Crippen LogP contribution in [0.1, 0.15) is 86.0 Å². The van der Waals surface area contributed by atoms with Crippen LogP contribution >= 0.6 is 0 Å². The Hall–Kier alpha value is -3.48. The summed E-state index contributed by atoms with van der Waals surface area (Å²) in [7, 11) is 0. The molecule has 20 atom stereocenters. The number of ether oxygens (including phenoxy) is 4. The second-order valence-corrected chi connectivity index (χ2v) is 19.0. The smallest absolute Gasteiger partial charge is 0.308 e. The first-order chi connectivity index (χ1) is 32.5. The van der Waals surface area contributed by atoms with E-state index in [-0.39, 0.29) is 38.1 Å². The van der Waals surface area contributed by atoms with Crippen molar-refractivity contribution in [3.8, 4) is 0 Å². The highest BCUT2D eigenvalue weighted by Gasteiger charge is 2.51. The number of hydrogen-bond acceptors (Lipinski definition) is 18. The van der Waals surface area contributed by atoms with E-state index >= 15 is 0 Å². The first-order valence-corrected chi connectivity index (χ1v) is 24.0. The third-order valence-corrected chi connectivity index (χ3v) is 12.6. The molecule has 3 aliphatic rings. The van der Waals surface area contributed by atoms with E-state index in [9.17, 15) is 60.7 Å². The molecule has 3 aliphatic heterocycles. The minimum atomic E-state index is -2.28. The van der Waals surface area contributed by atoms with Gasteiger partial charge in [-0.1, -0.05) is 98.9 Å². The Morgan fingerprint density at radius 1 is 0.725 bits per heavy atom. The van der Waals surface area contributed by atoms with Gasteiger partial charge in [-0.3, -0.25) is 9.59 Å². The van der Waals surface area contributed by atoms with Gasteiger partial charge < -0.3 is 86.8 Å². The van der Waals surface area contributed by atoms with Crippen LogP contribution in [-0.2, 0) is 28.5 Å². The van der Waals surface area contributed by atoms with E-state index in [1.54, 1.807) is 82.4 Å². The number of allylic oxidation sites excluding steroid dienone is 12. The zero-order chi connectivity index (χ0) is 51.4. The predicted octanol–water partition coefficient (Wildman–Crippen LogP) is 0.0905. The molecule has 2 fully saturated rings. The number of aliphatic hydroxyl groups excluding tert-OH is 9. The SMILES string of the molecule is C[C@@H]1[C@H](O)[C@@H](C)/C=C/C=C/C=C/C=C/C=C/C=C/C=C/[C@H](O[C@@H]2O[C@H](C)[C@@H](O)[C@H](N)[C@@H]2O)C[C@@H]2O[C@](O)(C[C@@H](O)C[C@@H](O)[C@H](O)CC[C@@H](O)C[C@@H](O)CC(=O)O[C@H]1C)C[C@H](O)[C@H]2C(=O)NC[C@H](C)N. The molecule has 0 radical (unpaired) electrons. The fourth-order valence-electron chi connectivity index (χ4n) is 8.37. The number of amides is 1. The number of carbonyl (C=O) groups excluding carboxylic acids is 2. The lowest BCUT2D eigenvalue weighted by Gasteiger charge is -2.46. The number of cyclic esters (lactones) is 1. The van der Waals surface area contributed by atoms with E-state index in [1.165, 1.54) is 0 Å². The maximum absolute atomic E-state index is 13.6. The molecule has 0 aromatic heterocycles. The maximum atomic E-state index is 13.6. The molecule has 0 aromatic carbocycles. The largest absolute Gasteiger partial charge is 0.462 e. The topological polar surface area (TPSA) is 337 Å². The summed E-state index contributed by atoms with van der Waals surface area (Å²) >= 11 is 0. The van der Waals surface area contributed by atoms with E-state index in [2.05, 4.69) is 5.32 Å². The summed E-state index contributed by atoms with van der Waals surface area (Å²) in [6, 6.07) is -1.58. The van der Waals surface area contributed by atoms with Gasteiger partial charge in [-0.25, -0.2) is 0 Å². The normalized spacial score (nSPS) is 44.0. The summed E-state index contributed by atoms with van der Waals surface area (Å²) in [5.41, 5.74) is 12.0. The van der Waals surface area contributed by atoms with Crippen molar-refractivity contribution in [2.75, 3.05) is 6.54 Å². The molecule has 0 spiro atoms. The zero-order valence-electron chi connectivity index (χ0n) is 40.5. The number of esters is 1. The van der Waals surface area contributed by atoms with Crippen LogP contribution in [0.2, 0.25) is 0 Å². The van der Waals surface area contributed by atoms with Gasteiger partial charge in [0.25, 0.3) is 0 Å². The van der Waals surface area contributed by atoms with Gasteiger partial charge in [-0.2, -0.15) is 0 Å². The molecule has 19 nitrogen and oxygen atoms in total. The predicted molar refractivity (Wildman–Crippen MR) is 256 cm³/mol. The lowest BCUT2D eigenvalue weighted by atomic mass is 9.82. The van der Waals surface area contributed by atoms with Gasteiger partial charge in [0.05, 0.1) is 85.5 Å². The Labute approximate surface area is 406 Å². The number of nitrogens with two attached hydrogens (primary N) is 2. The molecule has 19 heteroatoms. The zero-order valence-corrected chi connectivity index (χ0v) is 40.5. The second kappa shape index (κ2) is 29.8. The fourth-order valence-corrected chi connectivity index (χ4v) is 8.37. The van der Waals surface area contributed by atoms with Gasteiger partial charge in [0.1, 0.15) is 12.2 Å². The average Bonchev–Trinajstić information content (AvgIpc) is 3.26. The second-order valence-electron chi connectivity index (χ2n) is 19.0. The molecule has 15 N–H and O–H groups in total. The Morgan fingerprint density at radius 2 is 1.30 bits per heavy atom. The first kappa shape index (κ1) is 59.8. The molecule has 1 amide bonds. The Bertz CT molecular complexity index is 1760. The molecule has 3 rings (SSSR count). The summed E-state index contributed by atoms with van der Waals surface area (Å²) in [5.74, 6) is -5.68. The van der Waals surface area contributed by atoms with Crippen molar-refractivity contribution in [3.63, 3.8) is 0 Å². The number of aliphatic hydroxyl groups is 10. The average molecular weight is 980 g/mol. The fraction of sp³-hybridized carbons (Fsp3) is 0.680. The van der Waals surface area contributed by atoms with Crippen LogP contribution in [0.3, 0.4) is 0 Å². The lowest BCUT2D eigenvalue weighted by Crippen LogP contribution is -2.62. The highest BCUT2D eigenvalue weighted by atomic mass is 16.7. The number of rotatable bonds is 5. The van der Waals surface area contributed by atoms with E-state index in [0.29, 0.717) is 0 Å². The summed E-state index contributed by atoms with van der Waals surface area (Å²) in [5, 5.41) is 112. The minimum Gasteiger partial charge on any atom is -0.462 e.